The van der Waals surface area contributed by atoms with Gasteiger partial charge >= 0.3 is 0 Å². The van der Waals surface area contributed by atoms with Crippen molar-refractivity contribution in [3.8, 4) is 0 Å². The molecule has 0 aliphatic carbocycles. The van der Waals surface area contributed by atoms with Crippen LogP contribution >= 0.6 is 15.9 Å². The Morgan fingerprint density at radius 2 is 2.57 bits per heavy atom. The van der Waals surface area contributed by atoms with Crippen molar-refractivity contribution in [2.24, 2.45) is 0 Å². The van der Waals surface area contributed by atoms with Gasteiger partial charge in [0, 0.05) is 0 Å². The second kappa shape index (κ2) is 1.86. The zero-order valence-electron chi connectivity index (χ0n) is 4.15. The summed E-state index contributed by atoms with van der Waals surface area (Å²) in [6.45, 7) is 2.09. The van der Waals surface area contributed by atoms with Crippen molar-refractivity contribution in [1.82, 2.24) is 0 Å². The van der Waals surface area contributed by atoms with Crippen LogP contribution in [0.15, 0.2) is 11.8 Å². The van der Waals surface area contributed by atoms with E-state index in [0.717, 1.165) is 12.2 Å². The lowest BCUT2D eigenvalue weighted by Crippen LogP contribution is -1.55. The molecular weight excluding hydrogens is 156 g/mol. The maximum Gasteiger partial charge on any atom is 0.209 e. The van der Waals surface area contributed by atoms with Gasteiger partial charge < -0.3 is 4.74 Å². The van der Waals surface area contributed by atoms with Crippen LogP contribution < -0.4 is 0 Å². The number of alkyl halides is 1. The highest BCUT2D eigenvalue weighted by Crippen LogP contribution is 2.32. The first-order valence-electron chi connectivity index (χ1n) is 2.35. The molecule has 1 saturated heterocycles. The fourth-order valence-corrected chi connectivity index (χ4v) is 0.830. The van der Waals surface area contributed by atoms with Gasteiger partial charge in [0.25, 0.3) is 0 Å². The number of hydrogen-bond acceptors (Lipinski definition) is 1. The van der Waals surface area contributed by atoms with Crippen LogP contribution in [0, 0.1) is 0 Å². The fraction of sp³-hybridized carbons (Fsp3) is 0.600. The Morgan fingerprint density at radius 1 is 2.00 bits per heavy atom. The van der Waals surface area contributed by atoms with E-state index in [9.17, 15) is 0 Å². The second-order valence-corrected chi connectivity index (χ2v) is 2.28. The normalized spacial score (nSPS) is 32.9. The molecule has 1 rings (SSSR count). The van der Waals surface area contributed by atoms with Crippen LogP contribution in [0.25, 0.3) is 0 Å². The molecule has 1 aliphatic rings. The summed E-state index contributed by atoms with van der Waals surface area (Å²) in [6.07, 6.45) is 3.14. The smallest absolute Gasteiger partial charge is 0.209 e. The number of hydrogen-bond donors (Lipinski definition) is 0. The van der Waals surface area contributed by atoms with Crippen molar-refractivity contribution in [1.29, 1.82) is 0 Å². The van der Waals surface area contributed by atoms with Gasteiger partial charge in [-0.15, -0.1) is 0 Å². The first-order valence-corrected chi connectivity index (χ1v) is 3.27. The Balaban J connectivity index is 2.30. The van der Waals surface area contributed by atoms with E-state index in [-0.39, 0.29) is 5.01 Å². The molecule has 2 heteroatoms. The minimum atomic E-state index is 0.243. The van der Waals surface area contributed by atoms with Gasteiger partial charge in [0.15, 0.2) is 0 Å². The molecule has 1 fully saturated rings. The predicted octanol–water partition coefficient (Wildman–Crippen LogP) is 2.03. The Kier molecular flexibility index (Phi) is 1.38. The molecule has 0 aromatic heterocycles. The number of rotatable bonds is 1. The molecule has 0 amide bonds. The molecule has 0 saturated carbocycles. The van der Waals surface area contributed by atoms with Crippen molar-refractivity contribution >= 4 is 15.9 Å². The third-order valence-corrected chi connectivity index (χ3v) is 1.45. The first-order chi connectivity index (χ1) is 3.34. The largest absolute Gasteiger partial charge is 0.471 e. The monoisotopic (exact) mass is 162 g/mol. The Hall–Kier alpha value is 0.0200. The summed E-state index contributed by atoms with van der Waals surface area (Å²) in [5, 5.41) is 0.243. The summed E-state index contributed by atoms with van der Waals surface area (Å²) in [7, 11) is 0. The van der Waals surface area contributed by atoms with Gasteiger partial charge in [-0.05, 0) is 28.4 Å². The number of epoxide rings is 1. The zero-order valence-corrected chi connectivity index (χ0v) is 5.73. The Labute approximate surface area is 51.5 Å². The third kappa shape index (κ3) is 1.20. The molecule has 0 N–H and O–H groups in total. The lowest BCUT2D eigenvalue weighted by molar-refractivity contribution is 0.494. The summed E-state index contributed by atoms with van der Waals surface area (Å²) < 4.78 is 4.94. The van der Waals surface area contributed by atoms with E-state index in [0.29, 0.717) is 0 Å². The van der Waals surface area contributed by atoms with Gasteiger partial charge in [-0.3, -0.25) is 0 Å². The summed E-state index contributed by atoms with van der Waals surface area (Å²) in [4.78, 5) is 0. The van der Waals surface area contributed by atoms with Crippen LogP contribution in [0.1, 0.15) is 13.3 Å². The average molecular weight is 163 g/mol. The summed E-state index contributed by atoms with van der Waals surface area (Å²) in [5.41, 5.74) is 0. The van der Waals surface area contributed by atoms with Crippen LogP contribution in [0.4, 0.5) is 0 Å². The number of allylic oxidation sites excluding steroid dienone is 1. The maximum absolute atomic E-state index is 4.94. The van der Waals surface area contributed by atoms with E-state index in [2.05, 4.69) is 28.9 Å². The standard InChI is InChI=1S/C5H7BrO/c1-2-3-4-5(6)7-4/h3,5H,2H2,1H3. The van der Waals surface area contributed by atoms with Gasteiger partial charge in [-0.2, -0.15) is 0 Å². The van der Waals surface area contributed by atoms with Crippen molar-refractivity contribution < 1.29 is 4.74 Å². The first kappa shape index (κ1) is 5.16. The summed E-state index contributed by atoms with van der Waals surface area (Å²) in [6, 6.07) is 0. The fourth-order valence-electron chi connectivity index (χ4n) is 0.427. The van der Waals surface area contributed by atoms with Gasteiger partial charge in [-0.25, -0.2) is 0 Å². The van der Waals surface area contributed by atoms with E-state index in [1.807, 2.05) is 0 Å². The molecule has 0 aromatic carbocycles. The average Bonchev–Trinajstić information content (AvgIpc) is 2.22. The van der Waals surface area contributed by atoms with Crippen LogP contribution in [0.3, 0.4) is 0 Å². The van der Waals surface area contributed by atoms with Crippen LogP contribution in [-0.4, -0.2) is 5.01 Å². The van der Waals surface area contributed by atoms with Crippen LogP contribution in [-0.2, 0) is 4.74 Å². The van der Waals surface area contributed by atoms with Gasteiger partial charge in [0.05, 0.1) is 0 Å². The van der Waals surface area contributed by atoms with Gasteiger partial charge in [-0.1, -0.05) is 6.92 Å². The molecule has 0 aromatic rings. The minimum absolute atomic E-state index is 0.243. The van der Waals surface area contributed by atoms with Crippen molar-refractivity contribution in [3.05, 3.63) is 11.8 Å². The number of ether oxygens (including phenoxy) is 1. The van der Waals surface area contributed by atoms with E-state index in [1.165, 1.54) is 0 Å². The second-order valence-electron chi connectivity index (χ2n) is 1.45. The highest BCUT2D eigenvalue weighted by molar-refractivity contribution is 9.09. The Morgan fingerprint density at radius 3 is 2.71 bits per heavy atom. The van der Waals surface area contributed by atoms with Gasteiger partial charge in [0.2, 0.25) is 5.01 Å². The molecule has 1 nitrogen and oxygen atoms in total. The maximum atomic E-state index is 4.94. The molecule has 0 bridgehead atoms. The summed E-state index contributed by atoms with van der Waals surface area (Å²) in [5.74, 6) is 1.09. The highest BCUT2D eigenvalue weighted by atomic mass is 79.9. The SMILES string of the molecule is CCC=C1OC1Br. The van der Waals surface area contributed by atoms with Crippen molar-refractivity contribution in [2.45, 2.75) is 18.4 Å². The van der Waals surface area contributed by atoms with E-state index in [4.69, 9.17) is 4.74 Å². The Bertz CT molecular complexity index is 98.3. The topological polar surface area (TPSA) is 12.5 Å². The zero-order chi connectivity index (χ0) is 5.28. The molecule has 1 aliphatic heterocycles. The van der Waals surface area contributed by atoms with Gasteiger partial charge in [0.1, 0.15) is 5.76 Å². The third-order valence-electron chi connectivity index (χ3n) is 0.811. The highest BCUT2D eigenvalue weighted by Gasteiger charge is 2.27. The quantitative estimate of drug-likeness (QED) is 0.425. The lowest BCUT2D eigenvalue weighted by Gasteiger charge is -1.64. The van der Waals surface area contributed by atoms with Crippen molar-refractivity contribution in [2.75, 3.05) is 0 Å². The molecule has 1 heterocycles. The van der Waals surface area contributed by atoms with E-state index < -0.39 is 0 Å². The lowest BCUT2D eigenvalue weighted by atomic mass is 10.4. The molecule has 1 atom stereocenters. The molecule has 0 spiro atoms. The molecule has 7 heavy (non-hydrogen) atoms. The molecule has 1 unspecified atom stereocenters. The molecule has 0 radical (unpaired) electrons. The van der Waals surface area contributed by atoms with E-state index in [1.54, 1.807) is 0 Å². The molecule has 40 valence electrons. The minimum Gasteiger partial charge on any atom is -0.471 e. The van der Waals surface area contributed by atoms with E-state index >= 15 is 0 Å². The number of halogens is 1. The van der Waals surface area contributed by atoms with Crippen molar-refractivity contribution in [3.63, 3.8) is 0 Å². The predicted molar refractivity (Wildman–Crippen MR) is 32.2 cm³/mol. The molecular formula is C5H7BrO. The summed E-state index contributed by atoms with van der Waals surface area (Å²) >= 11 is 3.26. The van der Waals surface area contributed by atoms with Crippen LogP contribution in [0.2, 0.25) is 0 Å². The van der Waals surface area contributed by atoms with Crippen LogP contribution in [0.5, 0.6) is 0 Å².